The second-order valence-electron chi connectivity index (χ2n) is 5.09. The number of carbonyl (C=O) groups excluding carboxylic acids is 1. The van der Waals surface area contributed by atoms with E-state index in [0.717, 1.165) is 5.69 Å². The number of nitrogens with one attached hydrogen (secondary N) is 2. The van der Waals surface area contributed by atoms with Crippen molar-refractivity contribution in [2.24, 2.45) is 0 Å². The lowest BCUT2D eigenvalue weighted by molar-refractivity contribution is -0.118. The number of amides is 1. The van der Waals surface area contributed by atoms with Crippen LogP contribution in [-0.2, 0) is 4.79 Å². The van der Waals surface area contributed by atoms with Crippen molar-refractivity contribution < 1.29 is 9.53 Å². The smallest absolute Gasteiger partial charge is 0.262 e. The number of fused-ring (bicyclic) bond motifs is 1. The lowest BCUT2D eigenvalue weighted by atomic mass is 10.1. The first-order chi connectivity index (χ1) is 10.0. The molecular weight excluding hydrogens is 286 g/mol. The van der Waals surface area contributed by atoms with Crippen molar-refractivity contribution in [2.75, 3.05) is 23.0 Å². The molecule has 110 valence electrons. The number of nitrogens with two attached hydrogens (primary N) is 1. The van der Waals surface area contributed by atoms with Crippen molar-refractivity contribution in [2.45, 2.75) is 19.9 Å². The molecule has 1 aromatic carbocycles. The summed E-state index contributed by atoms with van der Waals surface area (Å²) < 4.78 is 5.35. The van der Waals surface area contributed by atoms with Crippen molar-refractivity contribution in [3.8, 4) is 5.75 Å². The summed E-state index contributed by atoms with van der Waals surface area (Å²) in [5.41, 5.74) is 8.10. The van der Waals surface area contributed by atoms with Crippen LogP contribution < -0.4 is 21.1 Å². The first-order valence-corrected chi connectivity index (χ1v) is 7.53. The molecule has 1 aromatic heterocycles. The standard InChI is InChI=1S/C15H17N3O2S/c1-8-3-4-14(21-8)9(2)17-11-6-12-13(5-10(11)16)20-7-15(19)18-12/h3-6,9,17H,7,16H2,1-2H3,(H,18,19). The number of hydrogen-bond donors (Lipinski definition) is 3. The Morgan fingerprint density at radius 2 is 2.24 bits per heavy atom. The summed E-state index contributed by atoms with van der Waals surface area (Å²) in [4.78, 5) is 13.9. The fraction of sp³-hybridized carbons (Fsp3) is 0.267. The van der Waals surface area contributed by atoms with Crippen LogP contribution in [0.25, 0.3) is 0 Å². The second kappa shape index (κ2) is 5.29. The molecule has 5 nitrogen and oxygen atoms in total. The molecule has 21 heavy (non-hydrogen) atoms. The van der Waals surface area contributed by atoms with Gasteiger partial charge in [-0.3, -0.25) is 4.79 Å². The average Bonchev–Trinajstić information content (AvgIpc) is 2.87. The average molecular weight is 303 g/mol. The van der Waals surface area contributed by atoms with E-state index < -0.39 is 0 Å². The molecule has 6 heteroatoms. The number of nitrogen functional groups attached to an aromatic ring is 1. The molecular formula is C15H17N3O2S. The number of ether oxygens (including phenoxy) is 1. The summed E-state index contributed by atoms with van der Waals surface area (Å²) >= 11 is 1.75. The lowest BCUT2D eigenvalue weighted by Crippen LogP contribution is -2.25. The zero-order chi connectivity index (χ0) is 15.0. The van der Waals surface area contributed by atoms with Gasteiger partial charge in [0.2, 0.25) is 0 Å². The van der Waals surface area contributed by atoms with E-state index in [4.69, 9.17) is 10.5 Å². The van der Waals surface area contributed by atoms with Crippen molar-refractivity contribution in [1.29, 1.82) is 0 Å². The predicted molar refractivity (Wildman–Crippen MR) is 86.1 cm³/mol. The Labute approximate surface area is 127 Å². The second-order valence-corrected chi connectivity index (χ2v) is 6.41. The van der Waals surface area contributed by atoms with Crippen LogP contribution in [-0.4, -0.2) is 12.5 Å². The van der Waals surface area contributed by atoms with Crippen LogP contribution in [0.5, 0.6) is 5.75 Å². The van der Waals surface area contributed by atoms with Crippen LogP contribution in [0, 0.1) is 6.92 Å². The van der Waals surface area contributed by atoms with Gasteiger partial charge in [-0.2, -0.15) is 0 Å². The van der Waals surface area contributed by atoms with Crippen LogP contribution in [0.1, 0.15) is 22.7 Å². The fourth-order valence-electron chi connectivity index (χ4n) is 2.26. The van der Waals surface area contributed by atoms with Gasteiger partial charge in [-0.05, 0) is 32.0 Å². The van der Waals surface area contributed by atoms with Gasteiger partial charge in [-0.25, -0.2) is 0 Å². The van der Waals surface area contributed by atoms with E-state index >= 15 is 0 Å². The molecule has 2 heterocycles. The Kier molecular flexibility index (Phi) is 3.47. The van der Waals surface area contributed by atoms with E-state index in [2.05, 4.69) is 36.6 Å². The van der Waals surface area contributed by atoms with Crippen molar-refractivity contribution in [3.05, 3.63) is 34.0 Å². The highest BCUT2D eigenvalue weighted by atomic mass is 32.1. The number of thiophene rings is 1. The molecule has 0 saturated carbocycles. The van der Waals surface area contributed by atoms with Gasteiger partial charge in [-0.1, -0.05) is 0 Å². The van der Waals surface area contributed by atoms with Crippen molar-refractivity contribution in [1.82, 2.24) is 0 Å². The van der Waals surface area contributed by atoms with E-state index in [-0.39, 0.29) is 18.6 Å². The summed E-state index contributed by atoms with van der Waals surface area (Å²) in [6.45, 7) is 4.20. The molecule has 1 aliphatic heterocycles. The summed E-state index contributed by atoms with van der Waals surface area (Å²) in [5.74, 6) is 0.456. The number of hydrogen-bond acceptors (Lipinski definition) is 5. The highest BCUT2D eigenvalue weighted by Gasteiger charge is 2.19. The number of rotatable bonds is 3. The number of carbonyl (C=O) groups is 1. The normalized spacial score (nSPS) is 14.9. The van der Waals surface area contributed by atoms with Gasteiger partial charge in [0.25, 0.3) is 5.91 Å². The van der Waals surface area contributed by atoms with Crippen LogP contribution in [0.3, 0.4) is 0 Å². The van der Waals surface area contributed by atoms with E-state index in [1.54, 1.807) is 17.4 Å². The monoisotopic (exact) mass is 303 g/mol. The number of aryl methyl sites for hydroxylation is 1. The van der Waals surface area contributed by atoms with Crippen molar-refractivity contribution in [3.63, 3.8) is 0 Å². The maximum atomic E-state index is 11.4. The highest BCUT2D eigenvalue weighted by molar-refractivity contribution is 7.12. The molecule has 1 amide bonds. The third-order valence-electron chi connectivity index (χ3n) is 3.34. The minimum Gasteiger partial charge on any atom is -0.482 e. The minimum atomic E-state index is -0.153. The number of anilines is 3. The summed E-state index contributed by atoms with van der Waals surface area (Å²) in [5, 5.41) is 6.17. The van der Waals surface area contributed by atoms with Crippen LogP contribution >= 0.6 is 11.3 Å². The molecule has 0 fully saturated rings. The number of benzene rings is 1. The van der Waals surface area contributed by atoms with E-state index in [1.165, 1.54) is 9.75 Å². The highest BCUT2D eigenvalue weighted by Crippen LogP contribution is 2.37. The van der Waals surface area contributed by atoms with Gasteiger partial charge in [-0.15, -0.1) is 11.3 Å². The third-order valence-corrected chi connectivity index (χ3v) is 4.53. The molecule has 0 aliphatic carbocycles. The largest absolute Gasteiger partial charge is 0.482 e. The Bertz CT molecular complexity index is 696. The van der Waals surface area contributed by atoms with Crippen molar-refractivity contribution >= 4 is 34.3 Å². The molecule has 3 rings (SSSR count). The fourth-order valence-corrected chi connectivity index (χ4v) is 3.14. The van der Waals surface area contributed by atoms with Gasteiger partial charge in [0.05, 0.1) is 23.1 Å². The zero-order valence-corrected chi connectivity index (χ0v) is 12.7. The lowest BCUT2D eigenvalue weighted by Gasteiger charge is -2.22. The van der Waals surface area contributed by atoms with Crippen LogP contribution in [0.4, 0.5) is 17.1 Å². The molecule has 0 saturated heterocycles. The Balaban J connectivity index is 1.85. The quantitative estimate of drug-likeness (QED) is 0.761. The molecule has 1 unspecified atom stereocenters. The molecule has 0 bridgehead atoms. The van der Waals surface area contributed by atoms with Gasteiger partial charge < -0.3 is 21.1 Å². The summed E-state index contributed by atoms with van der Waals surface area (Å²) in [6, 6.07) is 7.91. The Morgan fingerprint density at radius 3 is 2.95 bits per heavy atom. The Morgan fingerprint density at radius 1 is 1.43 bits per heavy atom. The van der Waals surface area contributed by atoms with Gasteiger partial charge in [0.1, 0.15) is 5.75 Å². The molecule has 4 N–H and O–H groups in total. The van der Waals surface area contributed by atoms with E-state index in [9.17, 15) is 4.79 Å². The first-order valence-electron chi connectivity index (χ1n) is 6.72. The molecule has 0 spiro atoms. The maximum absolute atomic E-state index is 11.4. The molecule has 1 atom stereocenters. The van der Waals surface area contributed by atoms with Gasteiger partial charge >= 0.3 is 0 Å². The molecule has 0 radical (unpaired) electrons. The zero-order valence-electron chi connectivity index (χ0n) is 11.9. The maximum Gasteiger partial charge on any atom is 0.262 e. The van der Waals surface area contributed by atoms with E-state index in [1.807, 2.05) is 6.07 Å². The SMILES string of the molecule is Cc1ccc(C(C)Nc2cc3c(cc2N)OCC(=O)N3)s1. The molecule has 2 aromatic rings. The molecule has 1 aliphatic rings. The minimum absolute atomic E-state index is 0.0318. The van der Waals surface area contributed by atoms with Gasteiger partial charge in [0, 0.05) is 15.8 Å². The predicted octanol–water partition coefficient (Wildman–Crippen LogP) is 3.14. The third kappa shape index (κ3) is 2.80. The van der Waals surface area contributed by atoms with E-state index in [0.29, 0.717) is 17.1 Å². The summed E-state index contributed by atoms with van der Waals surface area (Å²) in [6.07, 6.45) is 0. The van der Waals surface area contributed by atoms with Gasteiger partial charge in [0.15, 0.2) is 6.61 Å². The van der Waals surface area contributed by atoms with Crippen LogP contribution in [0.15, 0.2) is 24.3 Å². The van der Waals surface area contributed by atoms with Crippen LogP contribution in [0.2, 0.25) is 0 Å². The summed E-state index contributed by atoms with van der Waals surface area (Å²) in [7, 11) is 0. The Hall–Kier alpha value is -2.21. The first kappa shape index (κ1) is 13.8. The topological polar surface area (TPSA) is 76.4 Å².